The first kappa shape index (κ1) is 17.0. The van der Waals surface area contributed by atoms with Crippen molar-refractivity contribution in [2.75, 3.05) is 10.6 Å². The highest BCUT2D eigenvalue weighted by Gasteiger charge is 2.78. The number of carbonyl (C=O) groups excluding carboxylic acids is 2. The number of benzene rings is 1. The van der Waals surface area contributed by atoms with E-state index in [1.165, 1.54) is 0 Å². The highest BCUT2D eigenvalue weighted by atomic mass is 35.5. The SMILES string of the molecule is CCCCC12CC1(C(=O)Nc1ccccn1)C(=O)Nc1ccc(Cl)cc12. The Bertz CT molecular complexity index is 886. The Morgan fingerprint density at radius 1 is 1.35 bits per heavy atom. The molecule has 1 aliphatic heterocycles. The summed E-state index contributed by atoms with van der Waals surface area (Å²) in [5.41, 5.74) is 0.130. The minimum Gasteiger partial charge on any atom is -0.325 e. The van der Waals surface area contributed by atoms with Crippen molar-refractivity contribution in [2.24, 2.45) is 5.41 Å². The van der Waals surface area contributed by atoms with Crippen molar-refractivity contribution in [2.45, 2.75) is 38.0 Å². The molecule has 134 valence electrons. The second-order valence-electron chi connectivity index (χ2n) is 7.08. The number of unbranched alkanes of at least 4 members (excludes halogenated alkanes) is 1. The van der Waals surface area contributed by atoms with E-state index in [1.54, 1.807) is 30.5 Å². The van der Waals surface area contributed by atoms with Crippen LogP contribution >= 0.6 is 11.6 Å². The number of pyridine rings is 1. The first-order valence-electron chi connectivity index (χ1n) is 8.87. The summed E-state index contributed by atoms with van der Waals surface area (Å²) in [6, 6.07) is 10.8. The zero-order valence-electron chi connectivity index (χ0n) is 14.5. The lowest BCUT2D eigenvalue weighted by atomic mass is 9.77. The lowest BCUT2D eigenvalue weighted by Crippen LogP contribution is -2.44. The third-order valence-electron chi connectivity index (χ3n) is 5.64. The number of rotatable bonds is 5. The van der Waals surface area contributed by atoms with E-state index in [9.17, 15) is 9.59 Å². The van der Waals surface area contributed by atoms with Gasteiger partial charge < -0.3 is 10.6 Å². The summed E-state index contributed by atoms with van der Waals surface area (Å²) in [4.78, 5) is 30.3. The fourth-order valence-corrected chi connectivity index (χ4v) is 4.43. The molecule has 4 rings (SSSR count). The van der Waals surface area contributed by atoms with Gasteiger partial charge in [0.2, 0.25) is 11.8 Å². The summed E-state index contributed by atoms with van der Waals surface area (Å²) >= 11 is 6.22. The zero-order chi connectivity index (χ0) is 18.4. The maximum Gasteiger partial charge on any atom is 0.242 e. The number of anilines is 2. The average Bonchev–Trinajstić information content (AvgIpc) is 3.35. The van der Waals surface area contributed by atoms with Crippen LogP contribution in [0, 0.1) is 5.41 Å². The molecule has 2 aliphatic rings. The van der Waals surface area contributed by atoms with Crippen LogP contribution in [0.2, 0.25) is 5.02 Å². The maximum atomic E-state index is 13.2. The molecular weight excluding hydrogens is 350 g/mol. The molecule has 2 N–H and O–H groups in total. The summed E-state index contributed by atoms with van der Waals surface area (Å²) in [5.74, 6) is -0.0832. The van der Waals surface area contributed by atoms with Crippen LogP contribution in [0.15, 0.2) is 42.6 Å². The molecule has 0 spiro atoms. The van der Waals surface area contributed by atoms with Crippen molar-refractivity contribution in [3.63, 3.8) is 0 Å². The number of nitrogens with one attached hydrogen (secondary N) is 2. The molecule has 1 saturated carbocycles. The molecule has 2 unspecified atom stereocenters. The summed E-state index contributed by atoms with van der Waals surface area (Å²) in [6.07, 6.45) is 4.83. The van der Waals surface area contributed by atoms with Crippen LogP contribution in [-0.2, 0) is 15.0 Å². The van der Waals surface area contributed by atoms with Crippen LogP contribution in [0.25, 0.3) is 0 Å². The molecule has 0 bridgehead atoms. The summed E-state index contributed by atoms with van der Waals surface area (Å²) < 4.78 is 0. The van der Waals surface area contributed by atoms with Gasteiger partial charge in [-0.15, -0.1) is 0 Å². The fraction of sp³-hybridized carbons (Fsp3) is 0.350. The molecular formula is C20H20ClN3O2. The predicted octanol–water partition coefficient (Wildman–Crippen LogP) is 4.14. The largest absolute Gasteiger partial charge is 0.325 e. The van der Waals surface area contributed by atoms with Crippen molar-refractivity contribution in [1.82, 2.24) is 4.98 Å². The van der Waals surface area contributed by atoms with Crippen LogP contribution in [-0.4, -0.2) is 16.8 Å². The number of carbonyl (C=O) groups is 2. The van der Waals surface area contributed by atoms with Crippen LogP contribution < -0.4 is 10.6 Å². The lowest BCUT2D eigenvalue weighted by Gasteiger charge is -2.31. The standard InChI is InChI=1S/C20H20ClN3O2/c1-2-3-9-19-12-20(19,18(26)24-16-6-4-5-10-22-16)17(25)23-15-8-7-13(21)11-14(15)19/h4-8,10-11H,2-3,9,12H2,1H3,(H,23,25)(H,22,24,26). The quantitative estimate of drug-likeness (QED) is 0.778. The lowest BCUT2D eigenvalue weighted by molar-refractivity contribution is -0.132. The molecule has 2 atom stereocenters. The van der Waals surface area contributed by atoms with E-state index in [0.717, 1.165) is 30.5 Å². The molecule has 1 fully saturated rings. The van der Waals surface area contributed by atoms with Crippen LogP contribution in [0.3, 0.4) is 0 Å². The smallest absolute Gasteiger partial charge is 0.242 e. The van der Waals surface area contributed by atoms with E-state index in [1.807, 2.05) is 12.1 Å². The van der Waals surface area contributed by atoms with Gasteiger partial charge in [0.1, 0.15) is 11.2 Å². The molecule has 1 aromatic heterocycles. The highest BCUT2D eigenvalue weighted by molar-refractivity contribution is 6.31. The number of hydrogen-bond acceptors (Lipinski definition) is 3. The first-order valence-corrected chi connectivity index (χ1v) is 9.25. The van der Waals surface area contributed by atoms with Gasteiger partial charge in [0.05, 0.1) is 0 Å². The number of halogens is 1. The third kappa shape index (κ3) is 2.34. The van der Waals surface area contributed by atoms with Crippen LogP contribution in [0.5, 0.6) is 0 Å². The fourth-order valence-electron chi connectivity index (χ4n) is 4.26. The third-order valence-corrected chi connectivity index (χ3v) is 5.88. The number of fused-ring (bicyclic) bond motifs is 3. The van der Waals surface area contributed by atoms with E-state index in [0.29, 0.717) is 17.3 Å². The Labute approximate surface area is 157 Å². The van der Waals surface area contributed by atoms with Gasteiger partial charge in [-0.05, 0) is 48.7 Å². The molecule has 2 heterocycles. The Hall–Kier alpha value is -2.40. The van der Waals surface area contributed by atoms with Gasteiger partial charge in [-0.3, -0.25) is 9.59 Å². The summed E-state index contributed by atoms with van der Waals surface area (Å²) in [7, 11) is 0. The van der Waals surface area contributed by atoms with Gasteiger partial charge in [0.15, 0.2) is 0 Å². The van der Waals surface area contributed by atoms with Crippen molar-refractivity contribution < 1.29 is 9.59 Å². The van der Waals surface area contributed by atoms with Crippen molar-refractivity contribution in [1.29, 1.82) is 0 Å². The minimum absolute atomic E-state index is 0.239. The predicted molar refractivity (Wildman–Crippen MR) is 101 cm³/mol. The van der Waals surface area contributed by atoms with Gasteiger partial charge >= 0.3 is 0 Å². The topological polar surface area (TPSA) is 71.1 Å². The molecule has 5 nitrogen and oxygen atoms in total. The zero-order valence-corrected chi connectivity index (χ0v) is 15.3. The van der Waals surface area contributed by atoms with Gasteiger partial charge in [0.25, 0.3) is 0 Å². The van der Waals surface area contributed by atoms with Gasteiger partial charge in [0, 0.05) is 22.3 Å². The van der Waals surface area contributed by atoms with E-state index in [-0.39, 0.29) is 11.8 Å². The van der Waals surface area contributed by atoms with E-state index >= 15 is 0 Å². The molecule has 26 heavy (non-hydrogen) atoms. The maximum absolute atomic E-state index is 13.2. The Kier molecular flexibility index (Phi) is 3.99. The average molecular weight is 370 g/mol. The van der Waals surface area contributed by atoms with E-state index < -0.39 is 10.8 Å². The Morgan fingerprint density at radius 3 is 2.92 bits per heavy atom. The van der Waals surface area contributed by atoms with Crippen molar-refractivity contribution in [3.8, 4) is 0 Å². The normalized spacial score (nSPS) is 25.7. The number of nitrogens with zero attached hydrogens (tertiary/aromatic N) is 1. The van der Waals surface area contributed by atoms with Crippen LogP contribution in [0.4, 0.5) is 11.5 Å². The molecule has 6 heteroatoms. The Morgan fingerprint density at radius 2 is 2.19 bits per heavy atom. The van der Waals surface area contributed by atoms with E-state index in [4.69, 9.17) is 11.6 Å². The molecule has 2 aromatic rings. The van der Waals surface area contributed by atoms with Gasteiger partial charge in [-0.25, -0.2) is 4.98 Å². The number of amides is 2. The molecule has 1 aromatic carbocycles. The van der Waals surface area contributed by atoms with E-state index in [2.05, 4.69) is 22.5 Å². The monoisotopic (exact) mass is 369 g/mol. The Balaban J connectivity index is 1.75. The number of aromatic nitrogens is 1. The van der Waals surface area contributed by atoms with Gasteiger partial charge in [-0.2, -0.15) is 0 Å². The number of hydrogen-bond donors (Lipinski definition) is 2. The summed E-state index contributed by atoms with van der Waals surface area (Å²) in [5, 5.41) is 6.35. The molecule has 0 radical (unpaired) electrons. The van der Waals surface area contributed by atoms with Gasteiger partial charge in [-0.1, -0.05) is 37.4 Å². The van der Waals surface area contributed by atoms with Crippen molar-refractivity contribution >= 4 is 34.9 Å². The second-order valence-corrected chi connectivity index (χ2v) is 7.52. The second kappa shape index (κ2) is 6.09. The van der Waals surface area contributed by atoms with Crippen molar-refractivity contribution in [3.05, 3.63) is 53.2 Å². The molecule has 2 amide bonds. The summed E-state index contributed by atoms with van der Waals surface area (Å²) in [6.45, 7) is 2.11. The van der Waals surface area contributed by atoms with Crippen LogP contribution in [0.1, 0.15) is 38.2 Å². The molecule has 0 saturated heterocycles. The first-order chi connectivity index (χ1) is 12.5. The molecule has 1 aliphatic carbocycles. The highest BCUT2D eigenvalue weighted by Crippen LogP contribution is 2.71. The minimum atomic E-state index is -1.10.